The van der Waals surface area contributed by atoms with Crippen molar-refractivity contribution in [3.05, 3.63) is 150 Å². The summed E-state index contributed by atoms with van der Waals surface area (Å²) in [5.41, 5.74) is 8.34. The lowest BCUT2D eigenvalue weighted by Crippen LogP contribution is -2.05. The number of benzene rings is 6. The van der Waals surface area contributed by atoms with Gasteiger partial charge in [0.2, 0.25) is 0 Å². The first-order valence-electron chi connectivity index (χ1n) is 15.2. The Morgan fingerprint density at radius 2 is 1.04 bits per heavy atom. The molecule has 8 aromatic rings. The molecule has 0 aliphatic rings. The number of fused-ring (bicyclic) bond motifs is 6. The van der Waals surface area contributed by atoms with Gasteiger partial charge in [-0.2, -0.15) is 0 Å². The minimum atomic E-state index is -0.484. The quantitative estimate of drug-likeness (QED) is 0.185. The van der Waals surface area contributed by atoms with Gasteiger partial charge in [0.1, 0.15) is 12.4 Å². The van der Waals surface area contributed by atoms with Gasteiger partial charge < -0.3 is 23.7 Å². The van der Waals surface area contributed by atoms with Gasteiger partial charge in [-0.3, -0.25) is 0 Å². The highest BCUT2D eigenvalue weighted by Gasteiger charge is 2.17. The Morgan fingerprint density at radius 1 is 0.587 bits per heavy atom. The fourth-order valence-electron chi connectivity index (χ4n) is 6.64. The number of ether oxygens (including phenoxy) is 2. The molecule has 0 bridgehead atoms. The normalized spacial score (nSPS) is 11.5. The number of nitrogens with zero attached hydrogens (tertiary/aromatic N) is 2. The van der Waals surface area contributed by atoms with E-state index >= 15 is 0 Å². The molecule has 6 aromatic carbocycles. The van der Waals surface area contributed by atoms with Gasteiger partial charge in [0, 0.05) is 32.9 Å². The van der Waals surface area contributed by atoms with Gasteiger partial charge >= 0.3 is 5.97 Å². The monoisotopic (exact) mass is 602 g/mol. The van der Waals surface area contributed by atoms with E-state index in [4.69, 9.17) is 9.47 Å². The molecular weight excluding hydrogens is 572 g/mol. The van der Waals surface area contributed by atoms with Crippen molar-refractivity contribution in [2.24, 2.45) is 0 Å². The Bertz CT molecular complexity index is 2200. The standard InChI is InChI=1S/C40H30N2O4/c1-45-40(44)28-18-26(24-43)21-31(22-28)46-25-27-19-29(41-36-14-6-2-10-32(36)33-11-3-7-15-37(33)41)23-30(20-27)42-38-16-8-4-12-34(38)35-13-5-9-17-39(35)42/h2-23,43H,24-25H2,1H3. The summed E-state index contributed by atoms with van der Waals surface area (Å²) in [7, 11) is 1.34. The van der Waals surface area contributed by atoms with Gasteiger partial charge in [-0.1, -0.05) is 72.8 Å². The van der Waals surface area contributed by atoms with E-state index in [1.165, 1.54) is 28.7 Å². The second-order valence-electron chi connectivity index (χ2n) is 11.4. The lowest BCUT2D eigenvalue weighted by Gasteiger charge is -2.16. The number of aliphatic hydroxyl groups is 1. The van der Waals surface area contributed by atoms with Crippen molar-refractivity contribution in [2.45, 2.75) is 13.2 Å². The highest BCUT2D eigenvalue weighted by Crippen LogP contribution is 2.36. The van der Waals surface area contributed by atoms with Crippen LogP contribution in [0.1, 0.15) is 21.5 Å². The highest BCUT2D eigenvalue weighted by molar-refractivity contribution is 6.10. The number of carbonyl (C=O) groups excluding carboxylic acids is 1. The Labute approximate surface area is 265 Å². The molecule has 224 valence electrons. The predicted molar refractivity (Wildman–Crippen MR) is 183 cm³/mol. The van der Waals surface area contributed by atoms with Crippen LogP contribution in [-0.4, -0.2) is 27.3 Å². The van der Waals surface area contributed by atoms with Crippen LogP contribution >= 0.6 is 0 Å². The molecule has 6 heteroatoms. The first-order chi connectivity index (χ1) is 22.6. The van der Waals surface area contributed by atoms with Crippen LogP contribution in [0.15, 0.2) is 133 Å². The smallest absolute Gasteiger partial charge is 0.337 e. The van der Waals surface area contributed by atoms with Crippen molar-refractivity contribution in [1.82, 2.24) is 9.13 Å². The molecule has 1 N–H and O–H groups in total. The van der Waals surface area contributed by atoms with E-state index in [1.54, 1.807) is 18.2 Å². The highest BCUT2D eigenvalue weighted by atomic mass is 16.5. The van der Waals surface area contributed by atoms with Crippen molar-refractivity contribution in [3.8, 4) is 17.1 Å². The SMILES string of the molecule is COC(=O)c1cc(CO)cc(OCc2cc(-n3c4ccccc4c4ccccc43)cc(-n3c4ccccc4c4ccccc43)c2)c1. The molecule has 0 spiro atoms. The van der Waals surface area contributed by atoms with Crippen molar-refractivity contribution >= 4 is 49.6 Å². The minimum absolute atomic E-state index is 0.220. The topological polar surface area (TPSA) is 65.6 Å². The Kier molecular flexibility index (Phi) is 6.77. The number of aliphatic hydroxyl groups excluding tert-OH is 1. The van der Waals surface area contributed by atoms with E-state index in [-0.39, 0.29) is 13.2 Å². The van der Waals surface area contributed by atoms with Crippen molar-refractivity contribution < 1.29 is 19.4 Å². The number of rotatable bonds is 7. The summed E-state index contributed by atoms with van der Waals surface area (Å²) >= 11 is 0. The first kappa shape index (κ1) is 27.7. The van der Waals surface area contributed by atoms with Crippen molar-refractivity contribution in [2.75, 3.05) is 7.11 Å². The summed E-state index contributed by atoms with van der Waals surface area (Å²) < 4.78 is 15.9. The van der Waals surface area contributed by atoms with Crippen LogP contribution in [0, 0.1) is 0 Å². The molecule has 0 fully saturated rings. The molecule has 0 amide bonds. The lowest BCUT2D eigenvalue weighted by molar-refractivity contribution is 0.0600. The first-order valence-corrected chi connectivity index (χ1v) is 15.2. The third-order valence-electron chi connectivity index (χ3n) is 8.61. The van der Waals surface area contributed by atoms with Crippen LogP contribution in [0.5, 0.6) is 5.75 Å². The molecule has 0 aliphatic heterocycles. The molecule has 6 nitrogen and oxygen atoms in total. The number of hydrogen-bond donors (Lipinski definition) is 1. The largest absolute Gasteiger partial charge is 0.489 e. The molecule has 0 atom stereocenters. The van der Waals surface area contributed by atoms with E-state index < -0.39 is 5.97 Å². The number of methoxy groups -OCH3 is 1. The van der Waals surface area contributed by atoms with Crippen LogP contribution in [0.2, 0.25) is 0 Å². The molecular formula is C40H30N2O4. The maximum atomic E-state index is 12.3. The van der Waals surface area contributed by atoms with Gasteiger partial charge in [0.05, 0.1) is 41.3 Å². The number of aromatic nitrogens is 2. The maximum absolute atomic E-state index is 12.3. The van der Waals surface area contributed by atoms with Crippen LogP contribution in [0.25, 0.3) is 55.0 Å². The van der Waals surface area contributed by atoms with Gasteiger partial charge in [-0.05, 0) is 71.8 Å². The summed E-state index contributed by atoms with van der Waals surface area (Å²) in [6.07, 6.45) is 0. The second-order valence-corrected chi connectivity index (χ2v) is 11.4. The predicted octanol–water partition coefficient (Wildman–Crippen LogP) is 8.74. The summed E-state index contributed by atoms with van der Waals surface area (Å²) in [5.74, 6) is -0.00482. The van der Waals surface area contributed by atoms with E-state index in [1.807, 2.05) is 0 Å². The number of carbonyl (C=O) groups is 1. The fraction of sp³-hybridized carbons (Fsp3) is 0.0750. The van der Waals surface area contributed by atoms with Crippen molar-refractivity contribution in [1.29, 1.82) is 0 Å². The Balaban J connectivity index is 1.34. The number of hydrogen-bond acceptors (Lipinski definition) is 4. The Morgan fingerprint density at radius 3 is 1.48 bits per heavy atom. The lowest BCUT2D eigenvalue weighted by atomic mass is 10.1. The minimum Gasteiger partial charge on any atom is -0.489 e. The van der Waals surface area contributed by atoms with E-state index in [0.29, 0.717) is 16.9 Å². The summed E-state index contributed by atoms with van der Waals surface area (Å²) in [6, 6.07) is 45.5. The molecule has 0 unspecified atom stereocenters. The van der Waals surface area contributed by atoms with Gasteiger partial charge in [-0.15, -0.1) is 0 Å². The summed E-state index contributed by atoms with van der Waals surface area (Å²) in [6.45, 7) is 0.0208. The molecule has 0 saturated carbocycles. The van der Waals surface area contributed by atoms with Crippen LogP contribution in [0.3, 0.4) is 0 Å². The van der Waals surface area contributed by atoms with Gasteiger partial charge in [0.25, 0.3) is 0 Å². The third-order valence-corrected chi connectivity index (χ3v) is 8.61. The number of para-hydroxylation sites is 4. The number of esters is 1. The molecule has 8 rings (SSSR count). The Hall–Kier alpha value is -5.85. The average molecular weight is 603 g/mol. The molecule has 2 aromatic heterocycles. The van der Waals surface area contributed by atoms with Crippen LogP contribution in [0.4, 0.5) is 0 Å². The van der Waals surface area contributed by atoms with Gasteiger partial charge in [0.15, 0.2) is 0 Å². The average Bonchev–Trinajstić information content (AvgIpc) is 3.63. The van der Waals surface area contributed by atoms with Gasteiger partial charge in [-0.25, -0.2) is 4.79 Å². The van der Waals surface area contributed by atoms with Crippen LogP contribution in [-0.2, 0) is 18.0 Å². The van der Waals surface area contributed by atoms with E-state index in [2.05, 4.69) is 124 Å². The zero-order chi connectivity index (χ0) is 31.2. The molecule has 0 aliphatic carbocycles. The molecule has 0 radical (unpaired) electrons. The third kappa shape index (κ3) is 4.59. The maximum Gasteiger partial charge on any atom is 0.337 e. The molecule has 0 saturated heterocycles. The molecule has 46 heavy (non-hydrogen) atoms. The molecule has 2 heterocycles. The van der Waals surface area contributed by atoms with E-state index in [9.17, 15) is 9.90 Å². The summed E-state index contributed by atoms with van der Waals surface area (Å²) in [4.78, 5) is 12.3. The zero-order valence-corrected chi connectivity index (χ0v) is 25.2. The van der Waals surface area contributed by atoms with Crippen molar-refractivity contribution in [3.63, 3.8) is 0 Å². The fourth-order valence-corrected chi connectivity index (χ4v) is 6.64. The van der Waals surface area contributed by atoms with E-state index in [0.717, 1.165) is 39.0 Å². The second kappa shape index (κ2) is 11.3. The summed E-state index contributed by atoms with van der Waals surface area (Å²) in [5, 5.41) is 14.6. The van der Waals surface area contributed by atoms with Crippen LogP contribution < -0.4 is 4.74 Å². The zero-order valence-electron chi connectivity index (χ0n) is 25.2.